The van der Waals surface area contributed by atoms with Gasteiger partial charge in [0.2, 0.25) is 0 Å². The Bertz CT molecular complexity index is 709. The van der Waals surface area contributed by atoms with E-state index in [-0.39, 0.29) is 10.3 Å². The van der Waals surface area contributed by atoms with Crippen LogP contribution >= 0.6 is 0 Å². The summed E-state index contributed by atoms with van der Waals surface area (Å²) in [4.78, 5) is -0.00880. The van der Waals surface area contributed by atoms with Gasteiger partial charge in [0.05, 0.1) is 4.90 Å². The van der Waals surface area contributed by atoms with Crippen LogP contribution in [0.3, 0.4) is 0 Å². The van der Waals surface area contributed by atoms with Crippen molar-refractivity contribution in [3.8, 4) is 0 Å². The first-order valence-corrected chi connectivity index (χ1v) is 9.86. The molecule has 0 unspecified atom stereocenters. The second-order valence-corrected chi connectivity index (χ2v) is 11.2. The third-order valence-corrected chi connectivity index (χ3v) is 5.36. The zero-order valence-corrected chi connectivity index (χ0v) is 17.9. The van der Waals surface area contributed by atoms with Crippen LogP contribution in [0.15, 0.2) is 4.90 Å². The van der Waals surface area contributed by atoms with Gasteiger partial charge >= 0.3 is 0 Å². The van der Waals surface area contributed by atoms with Crippen LogP contribution in [0.4, 0.5) is 0 Å². The van der Waals surface area contributed by atoms with E-state index in [9.17, 15) is 13.0 Å². The quantitative estimate of drug-likeness (QED) is 0.660. The Morgan fingerprint density at radius 3 is 1.04 bits per heavy atom. The SMILES string of the molecule is Cc1c(C(C)(C)C)c(C)c(C(C)(C)C)c(S(=O)(=O)[O-])c1C(C)(C)C. The summed E-state index contributed by atoms with van der Waals surface area (Å²) < 4.78 is 36.8. The highest BCUT2D eigenvalue weighted by Gasteiger charge is 2.36. The molecular weight excluding hydrogens is 320 g/mol. The summed E-state index contributed by atoms with van der Waals surface area (Å²) in [6, 6.07) is 0. The Morgan fingerprint density at radius 1 is 0.625 bits per heavy atom. The monoisotopic (exact) mass is 353 g/mol. The summed E-state index contributed by atoms with van der Waals surface area (Å²) >= 11 is 0. The van der Waals surface area contributed by atoms with Crippen molar-refractivity contribution in [2.75, 3.05) is 0 Å². The molecule has 0 bridgehead atoms. The maximum atomic E-state index is 12.3. The minimum absolute atomic E-state index is 0.00880. The van der Waals surface area contributed by atoms with E-state index in [1.54, 1.807) is 0 Å². The molecule has 0 N–H and O–H groups in total. The van der Waals surface area contributed by atoms with E-state index in [0.29, 0.717) is 11.1 Å². The number of benzene rings is 1. The van der Waals surface area contributed by atoms with Gasteiger partial charge in [0, 0.05) is 0 Å². The van der Waals surface area contributed by atoms with Gasteiger partial charge in [-0.15, -0.1) is 0 Å². The van der Waals surface area contributed by atoms with Crippen LogP contribution in [0.5, 0.6) is 0 Å². The fourth-order valence-corrected chi connectivity index (χ4v) is 5.60. The molecule has 0 aliphatic rings. The van der Waals surface area contributed by atoms with E-state index < -0.39 is 20.9 Å². The third-order valence-electron chi connectivity index (χ3n) is 4.45. The van der Waals surface area contributed by atoms with E-state index in [0.717, 1.165) is 16.7 Å². The first kappa shape index (κ1) is 21.2. The molecule has 0 aromatic heterocycles. The summed E-state index contributed by atoms with van der Waals surface area (Å²) in [7, 11) is -4.59. The first-order chi connectivity index (χ1) is 10.3. The Labute approximate surface area is 148 Å². The van der Waals surface area contributed by atoms with Crippen molar-refractivity contribution in [2.45, 2.75) is 97.3 Å². The van der Waals surface area contributed by atoms with Gasteiger partial charge in [0.25, 0.3) is 0 Å². The highest BCUT2D eigenvalue weighted by Crippen LogP contribution is 2.45. The van der Waals surface area contributed by atoms with Gasteiger partial charge in [-0.2, -0.15) is 0 Å². The number of hydrogen-bond donors (Lipinski definition) is 0. The molecular formula is C20H33O3S-. The van der Waals surface area contributed by atoms with Crippen LogP contribution < -0.4 is 0 Å². The van der Waals surface area contributed by atoms with Crippen LogP contribution in [0.1, 0.15) is 90.1 Å². The smallest absolute Gasteiger partial charge is 0.125 e. The lowest BCUT2D eigenvalue weighted by molar-refractivity contribution is 0.446. The van der Waals surface area contributed by atoms with Crippen molar-refractivity contribution in [1.82, 2.24) is 0 Å². The molecule has 3 nitrogen and oxygen atoms in total. The van der Waals surface area contributed by atoms with Crippen LogP contribution in [0.2, 0.25) is 0 Å². The molecule has 0 radical (unpaired) electrons. The molecule has 24 heavy (non-hydrogen) atoms. The predicted molar refractivity (Wildman–Crippen MR) is 100.0 cm³/mol. The molecule has 0 aliphatic heterocycles. The zero-order valence-electron chi connectivity index (χ0n) is 17.1. The minimum atomic E-state index is -4.59. The lowest BCUT2D eigenvalue weighted by atomic mass is 9.70. The summed E-state index contributed by atoms with van der Waals surface area (Å²) in [6.45, 7) is 22.1. The first-order valence-electron chi connectivity index (χ1n) is 8.45. The van der Waals surface area contributed by atoms with Crippen molar-refractivity contribution < 1.29 is 13.0 Å². The molecule has 4 heteroatoms. The Kier molecular flexibility index (Phi) is 5.15. The summed E-state index contributed by atoms with van der Waals surface area (Å²) in [6.07, 6.45) is 0. The molecule has 0 atom stereocenters. The topological polar surface area (TPSA) is 57.2 Å². The highest BCUT2D eigenvalue weighted by atomic mass is 32.2. The van der Waals surface area contributed by atoms with Gasteiger partial charge in [-0.1, -0.05) is 62.3 Å². The minimum Gasteiger partial charge on any atom is -0.744 e. The van der Waals surface area contributed by atoms with Gasteiger partial charge < -0.3 is 4.55 Å². The maximum absolute atomic E-state index is 12.3. The van der Waals surface area contributed by atoms with Crippen LogP contribution in [-0.4, -0.2) is 13.0 Å². The Morgan fingerprint density at radius 2 is 0.875 bits per heavy atom. The molecule has 138 valence electrons. The van der Waals surface area contributed by atoms with Gasteiger partial charge in [0.15, 0.2) is 0 Å². The van der Waals surface area contributed by atoms with E-state index in [4.69, 9.17) is 0 Å². The molecule has 1 rings (SSSR count). The number of hydrogen-bond acceptors (Lipinski definition) is 3. The van der Waals surface area contributed by atoms with E-state index in [1.807, 2.05) is 55.4 Å². The van der Waals surface area contributed by atoms with Crippen LogP contribution in [0.25, 0.3) is 0 Å². The molecule has 0 saturated carbocycles. The maximum Gasteiger partial charge on any atom is 0.125 e. The van der Waals surface area contributed by atoms with Crippen molar-refractivity contribution in [3.05, 3.63) is 27.8 Å². The number of rotatable bonds is 1. The van der Waals surface area contributed by atoms with Crippen LogP contribution in [-0.2, 0) is 26.4 Å². The molecule has 0 aliphatic carbocycles. The second kappa shape index (κ2) is 5.84. The summed E-state index contributed by atoms with van der Waals surface area (Å²) in [5.74, 6) is 0. The summed E-state index contributed by atoms with van der Waals surface area (Å²) in [5, 5.41) is 0. The fourth-order valence-electron chi connectivity index (χ4n) is 4.18. The van der Waals surface area contributed by atoms with Gasteiger partial charge in [-0.3, -0.25) is 0 Å². The Hall–Kier alpha value is -0.870. The summed E-state index contributed by atoms with van der Waals surface area (Å²) in [5.41, 5.74) is 3.31. The van der Waals surface area contributed by atoms with Crippen molar-refractivity contribution in [2.24, 2.45) is 0 Å². The predicted octanol–water partition coefficient (Wildman–Crippen LogP) is 5.10. The van der Waals surface area contributed by atoms with Gasteiger partial charge in [-0.05, 0) is 57.9 Å². The highest BCUT2D eigenvalue weighted by molar-refractivity contribution is 7.85. The van der Waals surface area contributed by atoms with E-state index >= 15 is 0 Å². The zero-order chi connectivity index (χ0) is 19.5. The van der Waals surface area contributed by atoms with Crippen molar-refractivity contribution in [3.63, 3.8) is 0 Å². The van der Waals surface area contributed by atoms with Crippen molar-refractivity contribution >= 4 is 10.1 Å². The molecule has 1 aromatic carbocycles. The molecule has 0 fully saturated rings. The fraction of sp³-hybridized carbons (Fsp3) is 0.700. The average molecular weight is 354 g/mol. The largest absolute Gasteiger partial charge is 0.744 e. The van der Waals surface area contributed by atoms with Gasteiger partial charge in [-0.25, -0.2) is 8.42 Å². The average Bonchev–Trinajstić information content (AvgIpc) is 2.20. The second-order valence-electron chi connectivity index (χ2n) is 9.91. The van der Waals surface area contributed by atoms with Gasteiger partial charge in [0.1, 0.15) is 10.1 Å². The lowest BCUT2D eigenvalue weighted by Gasteiger charge is -2.38. The molecule has 0 spiro atoms. The molecule has 1 aromatic rings. The molecule has 0 amide bonds. The van der Waals surface area contributed by atoms with E-state index in [1.165, 1.54) is 0 Å². The standard InChI is InChI=1S/C20H34O3S/c1-12-14(18(3,4)5)13(2)16(20(9,10)11)17(24(21,22)23)15(12)19(6,7)8/h1-11H3,(H,21,22,23)/p-1. The van der Waals surface area contributed by atoms with Crippen molar-refractivity contribution in [1.29, 1.82) is 0 Å². The van der Waals surface area contributed by atoms with E-state index in [2.05, 4.69) is 20.8 Å². The lowest BCUT2D eigenvalue weighted by Crippen LogP contribution is -2.30. The normalized spacial score (nSPS) is 14.2. The Balaban J connectivity index is 4.40. The molecule has 0 saturated heterocycles. The third kappa shape index (κ3) is 3.85. The molecule has 0 heterocycles. The van der Waals surface area contributed by atoms with Crippen LogP contribution in [0, 0.1) is 13.8 Å².